The molecule has 1 amide bonds. The number of rotatable bonds is 4. The molecule has 0 saturated carbocycles. The molecule has 0 bridgehead atoms. The number of carbonyl (C=O) groups is 2. The van der Waals surface area contributed by atoms with Crippen molar-refractivity contribution in [1.82, 2.24) is 4.90 Å². The molecule has 0 aromatic carbocycles. The van der Waals surface area contributed by atoms with Crippen molar-refractivity contribution in [3.63, 3.8) is 0 Å². The van der Waals surface area contributed by atoms with E-state index in [-0.39, 0.29) is 18.4 Å². The van der Waals surface area contributed by atoms with Gasteiger partial charge >= 0.3 is 5.97 Å². The second-order valence-corrected chi connectivity index (χ2v) is 5.46. The zero-order chi connectivity index (χ0) is 13.8. The lowest BCUT2D eigenvalue weighted by Gasteiger charge is -2.27. The molecular formula is C13H23NO4. The Morgan fingerprint density at radius 2 is 2.11 bits per heavy atom. The molecule has 5 heteroatoms. The Bertz CT molecular complexity index is 314. The zero-order valence-corrected chi connectivity index (χ0v) is 11.4. The summed E-state index contributed by atoms with van der Waals surface area (Å²) < 4.78 is 5.60. The van der Waals surface area contributed by atoms with E-state index in [1.165, 1.54) is 0 Å². The number of aliphatic carboxylic acids is 1. The van der Waals surface area contributed by atoms with Crippen LogP contribution in [0.15, 0.2) is 0 Å². The molecule has 0 aromatic heterocycles. The van der Waals surface area contributed by atoms with Crippen molar-refractivity contribution in [2.24, 2.45) is 5.41 Å². The fourth-order valence-corrected chi connectivity index (χ4v) is 1.93. The van der Waals surface area contributed by atoms with Crippen LogP contribution < -0.4 is 0 Å². The molecule has 1 fully saturated rings. The molecule has 1 rings (SSSR count). The minimum atomic E-state index is -1.01. The van der Waals surface area contributed by atoms with E-state index >= 15 is 0 Å². The van der Waals surface area contributed by atoms with Crippen molar-refractivity contribution in [2.75, 3.05) is 19.7 Å². The number of carboxylic acids is 1. The first kappa shape index (κ1) is 15.0. The van der Waals surface area contributed by atoms with E-state index < -0.39 is 11.4 Å². The van der Waals surface area contributed by atoms with Crippen LogP contribution in [-0.4, -0.2) is 47.7 Å². The van der Waals surface area contributed by atoms with E-state index in [2.05, 4.69) is 0 Å². The Hall–Kier alpha value is -1.10. The Morgan fingerprint density at radius 3 is 2.67 bits per heavy atom. The molecule has 18 heavy (non-hydrogen) atoms. The molecule has 1 aliphatic heterocycles. The Kier molecular flexibility index (Phi) is 5.14. The minimum absolute atomic E-state index is 0.0404. The monoisotopic (exact) mass is 257 g/mol. The second-order valence-electron chi connectivity index (χ2n) is 5.46. The summed E-state index contributed by atoms with van der Waals surface area (Å²) in [6.07, 6.45) is 1.80. The van der Waals surface area contributed by atoms with Crippen LogP contribution in [0.3, 0.4) is 0 Å². The lowest BCUT2D eigenvalue weighted by Crippen LogP contribution is -2.40. The highest BCUT2D eigenvalue weighted by atomic mass is 16.5. The molecule has 1 saturated heterocycles. The van der Waals surface area contributed by atoms with Crippen LogP contribution in [0.5, 0.6) is 0 Å². The Morgan fingerprint density at radius 1 is 1.44 bits per heavy atom. The standard InChI is InChI=1S/C13H23NO4/c1-4-10-9-14(6-5-7-18-10)11(15)8-13(2,3)12(16)17/h10H,4-9H2,1-3H3,(H,16,17). The lowest BCUT2D eigenvalue weighted by atomic mass is 9.89. The minimum Gasteiger partial charge on any atom is -0.481 e. The van der Waals surface area contributed by atoms with Crippen molar-refractivity contribution < 1.29 is 19.4 Å². The average molecular weight is 257 g/mol. The van der Waals surface area contributed by atoms with Crippen LogP contribution in [-0.2, 0) is 14.3 Å². The van der Waals surface area contributed by atoms with Gasteiger partial charge in [0.1, 0.15) is 0 Å². The predicted octanol–water partition coefficient (Wildman–Crippen LogP) is 1.51. The van der Waals surface area contributed by atoms with E-state index in [9.17, 15) is 9.59 Å². The third-order valence-corrected chi connectivity index (χ3v) is 3.33. The molecule has 1 heterocycles. The van der Waals surface area contributed by atoms with Crippen LogP contribution in [0.4, 0.5) is 0 Å². The Labute approximate surface area is 108 Å². The third-order valence-electron chi connectivity index (χ3n) is 3.33. The largest absolute Gasteiger partial charge is 0.481 e. The van der Waals surface area contributed by atoms with E-state index in [4.69, 9.17) is 9.84 Å². The molecule has 0 radical (unpaired) electrons. The average Bonchev–Trinajstić information content (AvgIpc) is 2.53. The van der Waals surface area contributed by atoms with Gasteiger partial charge in [-0.05, 0) is 26.7 Å². The molecule has 1 N–H and O–H groups in total. The van der Waals surface area contributed by atoms with Gasteiger partial charge in [0, 0.05) is 26.1 Å². The highest BCUT2D eigenvalue weighted by Crippen LogP contribution is 2.22. The lowest BCUT2D eigenvalue weighted by molar-refractivity contribution is -0.151. The quantitative estimate of drug-likeness (QED) is 0.829. The van der Waals surface area contributed by atoms with Gasteiger partial charge in [0.15, 0.2) is 0 Å². The molecule has 1 atom stereocenters. The summed E-state index contributed by atoms with van der Waals surface area (Å²) in [5.41, 5.74) is -1.01. The van der Waals surface area contributed by atoms with Gasteiger partial charge in [-0.2, -0.15) is 0 Å². The van der Waals surface area contributed by atoms with Crippen LogP contribution in [0.2, 0.25) is 0 Å². The van der Waals surface area contributed by atoms with E-state index in [0.717, 1.165) is 12.8 Å². The summed E-state index contributed by atoms with van der Waals surface area (Å²) >= 11 is 0. The first-order valence-electron chi connectivity index (χ1n) is 6.49. The maximum Gasteiger partial charge on any atom is 0.309 e. The molecular weight excluding hydrogens is 234 g/mol. The fraction of sp³-hybridized carbons (Fsp3) is 0.846. The van der Waals surface area contributed by atoms with Gasteiger partial charge in [-0.25, -0.2) is 0 Å². The Balaban J connectivity index is 2.62. The molecule has 104 valence electrons. The molecule has 0 aliphatic carbocycles. The maximum atomic E-state index is 12.1. The number of amides is 1. The van der Waals surface area contributed by atoms with Crippen molar-refractivity contribution >= 4 is 11.9 Å². The summed E-state index contributed by atoms with van der Waals surface area (Å²) in [5.74, 6) is -1.03. The smallest absolute Gasteiger partial charge is 0.309 e. The van der Waals surface area contributed by atoms with E-state index in [1.54, 1.807) is 18.7 Å². The summed E-state index contributed by atoms with van der Waals surface area (Å²) in [7, 11) is 0. The van der Waals surface area contributed by atoms with Crippen molar-refractivity contribution in [3.05, 3.63) is 0 Å². The van der Waals surface area contributed by atoms with Gasteiger partial charge in [-0.15, -0.1) is 0 Å². The van der Waals surface area contributed by atoms with Crippen LogP contribution in [0.25, 0.3) is 0 Å². The topological polar surface area (TPSA) is 66.8 Å². The van der Waals surface area contributed by atoms with Gasteiger partial charge in [-0.1, -0.05) is 6.92 Å². The maximum absolute atomic E-state index is 12.1. The van der Waals surface area contributed by atoms with Crippen LogP contribution in [0, 0.1) is 5.41 Å². The first-order valence-corrected chi connectivity index (χ1v) is 6.49. The van der Waals surface area contributed by atoms with Gasteiger partial charge in [0.2, 0.25) is 5.91 Å². The highest BCUT2D eigenvalue weighted by Gasteiger charge is 2.33. The normalized spacial score (nSPS) is 21.5. The summed E-state index contributed by atoms with van der Waals surface area (Å²) in [6, 6.07) is 0. The molecule has 5 nitrogen and oxygen atoms in total. The van der Waals surface area contributed by atoms with Crippen LogP contribution >= 0.6 is 0 Å². The summed E-state index contributed by atoms with van der Waals surface area (Å²) in [6.45, 7) is 7.10. The third kappa shape index (κ3) is 3.98. The number of ether oxygens (including phenoxy) is 1. The number of hydrogen-bond acceptors (Lipinski definition) is 3. The second kappa shape index (κ2) is 6.18. The SMILES string of the molecule is CCC1CN(C(=O)CC(C)(C)C(=O)O)CCCO1. The molecule has 0 spiro atoms. The fourth-order valence-electron chi connectivity index (χ4n) is 1.93. The van der Waals surface area contributed by atoms with Crippen molar-refractivity contribution in [3.8, 4) is 0 Å². The molecule has 0 aromatic rings. The highest BCUT2D eigenvalue weighted by molar-refractivity contribution is 5.84. The van der Waals surface area contributed by atoms with Crippen LogP contribution in [0.1, 0.15) is 40.0 Å². The van der Waals surface area contributed by atoms with E-state index in [1.807, 2.05) is 6.92 Å². The molecule has 1 aliphatic rings. The van der Waals surface area contributed by atoms with Gasteiger partial charge in [0.05, 0.1) is 11.5 Å². The van der Waals surface area contributed by atoms with Gasteiger partial charge in [-0.3, -0.25) is 9.59 Å². The summed E-state index contributed by atoms with van der Waals surface area (Å²) in [4.78, 5) is 24.9. The predicted molar refractivity (Wildman–Crippen MR) is 67.3 cm³/mol. The van der Waals surface area contributed by atoms with E-state index in [0.29, 0.717) is 19.7 Å². The number of carboxylic acid groups (broad SMARTS) is 1. The van der Waals surface area contributed by atoms with Gasteiger partial charge in [0.25, 0.3) is 0 Å². The number of carbonyl (C=O) groups excluding carboxylic acids is 1. The van der Waals surface area contributed by atoms with Crippen molar-refractivity contribution in [2.45, 2.75) is 46.1 Å². The number of hydrogen-bond donors (Lipinski definition) is 1. The summed E-state index contributed by atoms with van der Waals surface area (Å²) in [5, 5.41) is 9.05. The zero-order valence-electron chi connectivity index (χ0n) is 11.4. The first-order chi connectivity index (χ1) is 8.36. The number of nitrogens with zero attached hydrogens (tertiary/aromatic N) is 1. The van der Waals surface area contributed by atoms with Gasteiger partial charge < -0.3 is 14.7 Å². The molecule has 1 unspecified atom stereocenters. The van der Waals surface area contributed by atoms with Crippen molar-refractivity contribution in [1.29, 1.82) is 0 Å².